The van der Waals surface area contributed by atoms with Crippen molar-refractivity contribution >= 4 is 81.4 Å². The number of carbonyl (C=O) groups is 2. The Morgan fingerprint density at radius 3 is 2.04 bits per heavy atom. The van der Waals surface area contributed by atoms with E-state index in [1.807, 2.05) is 0 Å². The molecule has 11 heteroatoms. The van der Waals surface area contributed by atoms with Gasteiger partial charge in [0.05, 0.1) is 6.04 Å². The summed E-state index contributed by atoms with van der Waals surface area (Å²) in [4.78, 5) is 27.6. The van der Waals surface area contributed by atoms with Gasteiger partial charge < -0.3 is 15.5 Å². The van der Waals surface area contributed by atoms with Crippen molar-refractivity contribution in [3.05, 3.63) is 11.8 Å². The Labute approximate surface area is 170 Å². The number of carbonyl (C=O) groups excluding carboxylic acids is 2. The van der Waals surface area contributed by atoms with Gasteiger partial charge in [0.25, 0.3) is 5.91 Å². The van der Waals surface area contributed by atoms with Crippen LogP contribution in [0.1, 0.15) is 13.3 Å². The van der Waals surface area contributed by atoms with Crippen LogP contribution in [0.15, 0.2) is 11.8 Å². The van der Waals surface area contributed by atoms with Gasteiger partial charge in [0.15, 0.2) is 3.79 Å². The minimum absolute atomic E-state index is 0.00476. The number of piperazine rings is 1. The maximum absolute atomic E-state index is 12.6. The molecule has 0 aromatic carbocycles. The molecular weight excluding hydrogens is 443 g/mol. The highest BCUT2D eigenvalue weighted by molar-refractivity contribution is 6.68. The predicted molar refractivity (Wildman–Crippen MR) is 99.7 cm³/mol. The number of alkyl halides is 6. The van der Waals surface area contributed by atoms with Gasteiger partial charge >= 0.3 is 0 Å². The minimum atomic E-state index is -1.75. The third-order valence-electron chi connectivity index (χ3n) is 3.81. The molecule has 1 aliphatic rings. The van der Waals surface area contributed by atoms with Crippen molar-refractivity contribution < 1.29 is 9.59 Å². The first kappa shape index (κ1) is 22.4. The highest BCUT2D eigenvalue weighted by Gasteiger charge is 2.43. The Balaban J connectivity index is 3.09. The maximum Gasteiger partial charge on any atom is 0.270 e. The number of hydrogen-bond donors (Lipinski definition) is 1. The number of hydrogen-bond acceptors (Lipinski definition) is 3. The van der Waals surface area contributed by atoms with Gasteiger partial charge in [-0.3, -0.25) is 9.59 Å². The standard InChI is InChI=1S/C13H17Cl6N3O2/c1-6(12(14,15)16)4-7-10(23)22(3)8(11(24)21(7)2)5-9(20)13(17,18)19/h4,6,8-9H,5,20H2,1-3H3/b7-4-/t6-,8?,9?/m0/s1. The third kappa shape index (κ3) is 5.19. The zero-order valence-electron chi connectivity index (χ0n) is 13.1. The van der Waals surface area contributed by atoms with Crippen molar-refractivity contribution in [2.24, 2.45) is 11.7 Å². The van der Waals surface area contributed by atoms with Crippen LogP contribution in [-0.2, 0) is 9.59 Å². The number of likely N-dealkylation sites (N-methyl/N-ethyl adjacent to an activating group) is 2. The fourth-order valence-electron chi connectivity index (χ4n) is 2.12. The van der Waals surface area contributed by atoms with Crippen LogP contribution < -0.4 is 5.73 Å². The molecule has 2 N–H and O–H groups in total. The van der Waals surface area contributed by atoms with E-state index in [1.54, 1.807) is 6.92 Å². The first-order chi connectivity index (χ1) is 10.7. The highest BCUT2D eigenvalue weighted by Crippen LogP contribution is 2.37. The van der Waals surface area contributed by atoms with Gasteiger partial charge in [-0.1, -0.05) is 76.5 Å². The molecule has 0 spiro atoms. The van der Waals surface area contributed by atoms with Crippen molar-refractivity contribution in [1.29, 1.82) is 0 Å². The summed E-state index contributed by atoms with van der Waals surface area (Å²) >= 11 is 34.7. The van der Waals surface area contributed by atoms with E-state index in [1.165, 1.54) is 30.0 Å². The zero-order valence-corrected chi connectivity index (χ0v) is 17.6. The number of nitrogens with zero attached hydrogens (tertiary/aromatic N) is 2. The van der Waals surface area contributed by atoms with E-state index in [0.29, 0.717) is 0 Å². The summed E-state index contributed by atoms with van der Waals surface area (Å²) in [6, 6.07) is -1.78. The molecule has 138 valence electrons. The van der Waals surface area contributed by atoms with E-state index in [9.17, 15) is 9.59 Å². The van der Waals surface area contributed by atoms with Crippen LogP contribution in [0.25, 0.3) is 0 Å². The van der Waals surface area contributed by atoms with Crippen LogP contribution >= 0.6 is 69.6 Å². The van der Waals surface area contributed by atoms with Gasteiger partial charge in [-0.2, -0.15) is 0 Å². The lowest BCUT2D eigenvalue weighted by Crippen LogP contribution is -2.58. The molecule has 1 fully saturated rings. The van der Waals surface area contributed by atoms with Gasteiger partial charge in [-0.05, 0) is 12.5 Å². The fourth-order valence-corrected chi connectivity index (χ4v) is 2.58. The Bertz CT molecular complexity index is 543. The van der Waals surface area contributed by atoms with Crippen molar-refractivity contribution in [1.82, 2.24) is 9.80 Å². The Hall–Kier alpha value is 0.380. The largest absolute Gasteiger partial charge is 0.328 e. The van der Waals surface area contributed by atoms with Crippen LogP contribution in [0.3, 0.4) is 0 Å². The van der Waals surface area contributed by atoms with E-state index in [2.05, 4.69) is 0 Å². The summed E-state index contributed by atoms with van der Waals surface area (Å²) in [5, 5.41) is 0. The lowest BCUT2D eigenvalue weighted by molar-refractivity contribution is -0.148. The maximum atomic E-state index is 12.6. The molecular formula is C13H17Cl6N3O2. The van der Waals surface area contributed by atoms with Crippen molar-refractivity contribution in [3.63, 3.8) is 0 Å². The average Bonchev–Trinajstić information content (AvgIpc) is 2.43. The Morgan fingerprint density at radius 1 is 1.12 bits per heavy atom. The van der Waals surface area contributed by atoms with Gasteiger partial charge in [-0.15, -0.1) is 0 Å². The topological polar surface area (TPSA) is 66.6 Å². The Kier molecular flexibility index (Phi) is 7.43. The summed E-state index contributed by atoms with van der Waals surface area (Å²) in [6.45, 7) is 1.62. The predicted octanol–water partition coefficient (Wildman–Crippen LogP) is 3.26. The smallest absolute Gasteiger partial charge is 0.270 e. The molecule has 1 saturated heterocycles. The van der Waals surface area contributed by atoms with E-state index in [-0.39, 0.29) is 18.0 Å². The molecule has 5 nitrogen and oxygen atoms in total. The molecule has 3 atom stereocenters. The van der Waals surface area contributed by atoms with Crippen LogP contribution in [0, 0.1) is 5.92 Å². The van der Waals surface area contributed by atoms with Crippen LogP contribution in [0.4, 0.5) is 0 Å². The summed E-state index contributed by atoms with van der Waals surface area (Å²) in [6.07, 6.45) is 1.43. The normalized spacial score (nSPS) is 24.6. The van der Waals surface area contributed by atoms with E-state index < -0.39 is 31.5 Å². The van der Waals surface area contributed by atoms with E-state index >= 15 is 0 Å². The molecule has 1 aliphatic heterocycles. The first-order valence-electron chi connectivity index (χ1n) is 6.83. The first-order valence-corrected chi connectivity index (χ1v) is 9.10. The summed E-state index contributed by atoms with van der Waals surface area (Å²) in [5.41, 5.74) is 5.91. The van der Waals surface area contributed by atoms with Gasteiger partial charge in [-0.25, -0.2) is 0 Å². The average molecular weight is 460 g/mol. The zero-order chi connectivity index (χ0) is 19.0. The molecule has 1 heterocycles. The molecule has 2 amide bonds. The second-order valence-corrected chi connectivity index (χ2v) is 10.3. The van der Waals surface area contributed by atoms with Crippen molar-refractivity contribution in [3.8, 4) is 0 Å². The summed E-state index contributed by atoms with van der Waals surface area (Å²) < 4.78 is -3.35. The molecule has 0 bridgehead atoms. The van der Waals surface area contributed by atoms with Crippen molar-refractivity contribution in [2.45, 2.75) is 33.0 Å². The monoisotopic (exact) mass is 457 g/mol. The molecule has 2 unspecified atom stereocenters. The SMILES string of the molecule is C[C@@H](/C=C1/C(=O)N(C)C(CC(N)C(Cl)(Cl)Cl)C(=O)N1C)C(Cl)(Cl)Cl. The van der Waals surface area contributed by atoms with Gasteiger partial charge in [0.1, 0.15) is 11.7 Å². The van der Waals surface area contributed by atoms with Crippen LogP contribution in [0.2, 0.25) is 0 Å². The number of rotatable bonds is 3. The summed E-state index contributed by atoms with van der Waals surface area (Å²) in [7, 11) is 2.93. The molecule has 0 saturated carbocycles. The molecule has 0 aromatic rings. The Morgan fingerprint density at radius 2 is 1.62 bits per heavy atom. The second kappa shape index (κ2) is 7.95. The summed E-state index contributed by atoms with van der Waals surface area (Å²) in [5.74, 6) is -1.38. The third-order valence-corrected chi connectivity index (χ3v) is 5.68. The highest BCUT2D eigenvalue weighted by atomic mass is 35.6. The van der Waals surface area contributed by atoms with Gasteiger partial charge in [0, 0.05) is 20.0 Å². The quantitative estimate of drug-likeness (QED) is 0.520. The second-order valence-electron chi connectivity index (χ2n) is 5.60. The van der Waals surface area contributed by atoms with E-state index in [4.69, 9.17) is 75.3 Å². The molecule has 0 aromatic heterocycles. The molecule has 0 aliphatic carbocycles. The van der Waals surface area contributed by atoms with Crippen LogP contribution in [0.5, 0.6) is 0 Å². The molecule has 24 heavy (non-hydrogen) atoms. The number of allylic oxidation sites excluding steroid dienone is 1. The number of nitrogens with two attached hydrogens (primary N) is 1. The van der Waals surface area contributed by atoms with E-state index in [0.717, 1.165) is 0 Å². The number of amides is 2. The lowest BCUT2D eigenvalue weighted by Gasteiger charge is -2.40. The van der Waals surface area contributed by atoms with Crippen molar-refractivity contribution in [2.75, 3.05) is 14.1 Å². The minimum Gasteiger partial charge on any atom is -0.328 e. The molecule has 1 rings (SSSR count). The molecule has 0 radical (unpaired) electrons. The lowest BCUT2D eigenvalue weighted by atomic mass is 10.0. The van der Waals surface area contributed by atoms with Crippen LogP contribution in [-0.4, -0.2) is 55.4 Å². The fraction of sp³-hybridized carbons (Fsp3) is 0.692. The van der Waals surface area contributed by atoms with Gasteiger partial charge in [0.2, 0.25) is 9.70 Å². The number of halogens is 6.